The highest BCUT2D eigenvalue weighted by Gasteiger charge is 2.47. The fourth-order valence-electron chi connectivity index (χ4n) is 3.53. The molecule has 0 aliphatic carbocycles. The Bertz CT molecular complexity index is 402. The number of hydrogen-bond donors (Lipinski definition) is 2. The zero-order valence-electron chi connectivity index (χ0n) is 10.1. The van der Waals surface area contributed by atoms with Crippen LogP contribution in [-0.4, -0.2) is 17.2 Å². The van der Waals surface area contributed by atoms with E-state index in [1.54, 1.807) is 0 Å². The van der Waals surface area contributed by atoms with Crippen molar-refractivity contribution >= 4 is 5.69 Å². The lowest BCUT2D eigenvalue weighted by molar-refractivity contribution is 0.328. The van der Waals surface area contributed by atoms with Gasteiger partial charge in [-0.1, -0.05) is 13.8 Å². The number of aromatic nitrogens is 1. The van der Waals surface area contributed by atoms with Crippen LogP contribution < -0.4 is 10.6 Å². The third-order valence-corrected chi connectivity index (χ3v) is 4.09. The molecule has 4 unspecified atom stereocenters. The first-order valence-electron chi connectivity index (χ1n) is 6.15. The summed E-state index contributed by atoms with van der Waals surface area (Å²) in [5.74, 6) is 2.02. The lowest BCUT2D eigenvalue weighted by atomic mass is 9.79. The molecule has 0 spiro atoms. The van der Waals surface area contributed by atoms with Gasteiger partial charge in [-0.05, 0) is 30.4 Å². The van der Waals surface area contributed by atoms with Gasteiger partial charge in [0.15, 0.2) is 0 Å². The normalized spacial score (nSPS) is 36.0. The molecule has 3 heteroatoms. The van der Waals surface area contributed by atoms with Gasteiger partial charge in [-0.25, -0.2) is 0 Å². The van der Waals surface area contributed by atoms with Crippen molar-refractivity contribution in [1.29, 1.82) is 0 Å². The van der Waals surface area contributed by atoms with Crippen molar-refractivity contribution in [3.63, 3.8) is 0 Å². The van der Waals surface area contributed by atoms with Gasteiger partial charge in [0.05, 0.1) is 18.1 Å². The smallest absolute Gasteiger partial charge is 0.0844 e. The van der Waals surface area contributed by atoms with Crippen LogP contribution in [0.15, 0.2) is 18.5 Å². The molecule has 0 aromatic carbocycles. The topological polar surface area (TPSA) is 37.0 Å². The maximum atomic E-state index is 4.18. The number of fused-ring (bicyclic) bond motifs is 3. The van der Waals surface area contributed by atoms with Crippen molar-refractivity contribution in [2.45, 2.75) is 38.9 Å². The monoisotopic (exact) mass is 217 g/mol. The van der Waals surface area contributed by atoms with Gasteiger partial charge in [0, 0.05) is 18.2 Å². The molecular weight excluding hydrogens is 198 g/mol. The lowest BCUT2D eigenvalue weighted by Gasteiger charge is -2.24. The zero-order chi connectivity index (χ0) is 11.3. The molecule has 0 bridgehead atoms. The summed E-state index contributed by atoms with van der Waals surface area (Å²) in [5.41, 5.74) is 2.65. The summed E-state index contributed by atoms with van der Waals surface area (Å²) in [5, 5.41) is 7.19. The van der Waals surface area contributed by atoms with E-state index in [9.17, 15) is 0 Å². The number of anilines is 1. The summed E-state index contributed by atoms with van der Waals surface area (Å²) in [4.78, 5) is 4.18. The fourth-order valence-corrected chi connectivity index (χ4v) is 3.53. The first-order valence-corrected chi connectivity index (χ1v) is 6.15. The largest absolute Gasteiger partial charge is 0.368 e. The molecule has 0 amide bonds. The Balaban J connectivity index is 2.01. The second-order valence-electron chi connectivity index (χ2n) is 5.39. The van der Waals surface area contributed by atoms with E-state index in [0.717, 1.165) is 0 Å². The van der Waals surface area contributed by atoms with Crippen LogP contribution >= 0.6 is 0 Å². The summed E-state index contributed by atoms with van der Waals surface area (Å²) in [6.07, 6.45) is 4.25. The van der Waals surface area contributed by atoms with Gasteiger partial charge in [0.25, 0.3) is 0 Å². The highest BCUT2D eigenvalue weighted by Crippen LogP contribution is 2.47. The van der Waals surface area contributed by atoms with Gasteiger partial charge >= 0.3 is 0 Å². The molecular formula is C13H19N3. The van der Waals surface area contributed by atoms with Crippen molar-refractivity contribution in [2.75, 3.05) is 5.32 Å². The third-order valence-electron chi connectivity index (χ3n) is 4.09. The Morgan fingerprint density at radius 2 is 2.19 bits per heavy atom. The van der Waals surface area contributed by atoms with Crippen LogP contribution in [0.2, 0.25) is 0 Å². The molecule has 86 valence electrons. The van der Waals surface area contributed by atoms with Crippen molar-refractivity contribution in [3.05, 3.63) is 24.0 Å². The average Bonchev–Trinajstić information content (AvgIpc) is 2.71. The molecule has 0 radical (unpaired) electrons. The fraction of sp³-hybridized carbons (Fsp3) is 0.615. The summed E-state index contributed by atoms with van der Waals surface area (Å²) in [7, 11) is 0. The summed E-state index contributed by atoms with van der Waals surface area (Å²) < 4.78 is 0. The van der Waals surface area contributed by atoms with Gasteiger partial charge in [-0.15, -0.1) is 0 Å². The van der Waals surface area contributed by atoms with E-state index in [-0.39, 0.29) is 0 Å². The lowest BCUT2D eigenvalue weighted by Crippen LogP contribution is -2.33. The molecule has 2 aliphatic rings. The molecule has 4 atom stereocenters. The van der Waals surface area contributed by atoms with Crippen LogP contribution in [0.4, 0.5) is 5.69 Å². The second kappa shape index (κ2) is 3.45. The molecule has 1 aromatic rings. The Kier molecular flexibility index (Phi) is 2.18. The summed E-state index contributed by atoms with van der Waals surface area (Å²) in [6.45, 7) is 6.94. The maximum absolute atomic E-state index is 4.18. The number of rotatable bonds is 1. The van der Waals surface area contributed by atoms with Gasteiger partial charge in [-0.2, -0.15) is 0 Å². The van der Waals surface area contributed by atoms with Gasteiger partial charge in [-0.3, -0.25) is 10.3 Å². The van der Waals surface area contributed by atoms with E-state index >= 15 is 0 Å². The first-order chi connectivity index (χ1) is 7.68. The van der Waals surface area contributed by atoms with E-state index in [1.807, 2.05) is 12.4 Å². The number of nitrogens with zero attached hydrogens (tertiary/aromatic N) is 1. The Morgan fingerprint density at radius 3 is 2.94 bits per heavy atom. The molecule has 3 heterocycles. The van der Waals surface area contributed by atoms with Gasteiger partial charge in [0.2, 0.25) is 0 Å². The quantitative estimate of drug-likeness (QED) is 0.757. The minimum atomic E-state index is 0.404. The second-order valence-corrected chi connectivity index (χ2v) is 5.39. The number of nitrogens with one attached hydrogen (secondary N) is 2. The van der Waals surface area contributed by atoms with E-state index in [4.69, 9.17) is 0 Å². The number of hydrogen-bond acceptors (Lipinski definition) is 3. The van der Waals surface area contributed by atoms with Crippen LogP contribution in [0.1, 0.15) is 32.3 Å². The maximum Gasteiger partial charge on any atom is 0.0844 e. The van der Waals surface area contributed by atoms with E-state index in [0.29, 0.717) is 30.0 Å². The van der Waals surface area contributed by atoms with Crippen LogP contribution in [0, 0.1) is 11.8 Å². The van der Waals surface area contributed by atoms with Crippen LogP contribution in [0.5, 0.6) is 0 Å². The van der Waals surface area contributed by atoms with E-state index < -0.39 is 0 Å². The molecule has 2 aliphatic heterocycles. The van der Waals surface area contributed by atoms with Crippen molar-refractivity contribution < 1.29 is 0 Å². The predicted molar refractivity (Wildman–Crippen MR) is 65.3 cm³/mol. The molecule has 1 fully saturated rings. The molecule has 1 saturated heterocycles. The minimum absolute atomic E-state index is 0.404. The Morgan fingerprint density at radius 1 is 1.38 bits per heavy atom. The highest BCUT2D eigenvalue weighted by molar-refractivity contribution is 5.58. The number of pyridine rings is 1. The average molecular weight is 217 g/mol. The zero-order valence-corrected chi connectivity index (χ0v) is 10.1. The molecule has 1 aromatic heterocycles. The summed E-state index contributed by atoms with van der Waals surface area (Å²) >= 11 is 0. The SMILES string of the molecule is CC(C)C1C(C)NC2Nc3cnccc3C21. The standard InChI is InChI=1S/C13H19N3/c1-7(2)11-8(3)15-13-12(11)9-4-5-14-6-10(9)16-13/h4-8,11-13,15-16H,1-3H3. The van der Waals surface area contributed by atoms with Crippen molar-refractivity contribution in [1.82, 2.24) is 10.3 Å². The Labute approximate surface area is 96.7 Å². The molecule has 0 saturated carbocycles. The van der Waals surface area contributed by atoms with Gasteiger partial charge < -0.3 is 5.32 Å². The van der Waals surface area contributed by atoms with Gasteiger partial charge in [0.1, 0.15) is 0 Å². The summed E-state index contributed by atoms with van der Waals surface area (Å²) in [6, 6.07) is 2.76. The highest BCUT2D eigenvalue weighted by atomic mass is 15.2. The minimum Gasteiger partial charge on any atom is -0.368 e. The molecule has 3 nitrogen and oxygen atoms in total. The Hall–Kier alpha value is -1.09. The molecule has 2 N–H and O–H groups in total. The van der Waals surface area contributed by atoms with Crippen LogP contribution in [0.3, 0.4) is 0 Å². The predicted octanol–water partition coefficient (Wildman–Crippen LogP) is 2.18. The third kappa shape index (κ3) is 1.27. The van der Waals surface area contributed by atoms with Crippen molar-refractivity contribution in [2.24, 2.45) is 11.8 Å². The van der Waals surface area contributed by atoms with Crippen LogP contribution in [-0.2, 0) is 0 Å². The molecule has 16 heavy (non-hydrogen) atoms. The van der Waals surface area contributed by atoms with E-state index in [1.165, 1.54) is 11.3 Å². The van der Waals surface area contributed by atoms with E-state index in [2.05, 4.69) is 42.5 Å². The van der Waals surface area contributed by atoms with Crippen molar-refractivity contribution in [3.8, 4) is 0 Å². The van der Waals surface area contributed by atoms with Crippen LogP contribution in [0.25, 0.3) is 0 Å². The molecule has 3 rings (SSSR count). The first kappa shape index (κ1) is 10.1.